The number of para-hydroxylation sites is 1. The largest absolute Gasteiger partial charge is 0.322 e. The summed E-state index contributed by atoms with van der Waals surface area (Å²) < 4.78 is 13.8. The minimum atomic E-state index is -0.619. The minimum absolute atomic E-state index is 0.0820. The highest BCUT2D eigenvalue weighted by molar-refractivity contribution is 6.12. The zero-order chi connectivity index (χ0) is 18.5. The maximum Gasteiger partial charge on any atom is 0.258 e. The molecule has 0 heterocycles. The maximum atomic E-state index is 13.8. The average Bonchev–Trinajstić information content (AvgIpc) is 2.62. The quantitative estimate of drug-likeness (QED) is 0.722. The molecule has 130 valence electrons. The predicted octanol–water partition coefficient (Wildman–Crippen LogP) is 4.64. The number of hydrogen-bond acceptors (Lipinski definition) is 2. The first-order chi connectivity index (χ1) is 12.5. The van der Waals surface area contributed by atoms with Crippen LogP contribution in [-0.2, 0) is 0 Å². The normalized spacial score (nSPS) is 10.2. The molecular formula is C21H17FN2O2. The molecule has 0 saturated carbocycles. The summed E-state index contributed by atoms with van der Waals surface area (Å²) in [6, 6.07) is 19.7. The zero-order valence-electron chi connectivity index (χ0n) is 14.1. The fourth-order valence-electron chi connectivity index (χ4n) is 2.55. The van der Waals surface area contributed by atoms with Crippen molar-refractivity contribution in [1.82, 2.24) is 0 Å². The summed E-state index contributed by atoms with van der Waals surface area (Å²) in [6.07, 6.45) is 0. The molecule has 2 amide bonds. The topological polar surface area (TPSA) is 58.2 Å². The van der Waals surface area contributed by atoms with E-state index >= 15 is 0 Å². The molecule has 3 aromatic rings. The molecule has 2 N–H and O–H groups in total. The van der Waals surface area contributed by atoms with Crippen LogP contribution >= 0.6 is 0 Å². The number of benzene rings is 3. The Hall–Kier alpha value is -3.47. The van der Waals surface area contributed by atoms with E-state index in [4.69, 9.17) is 0 Å². The second-order valence-corrected chi connectivity index (χ2v) is 5.80. The van der Waals surface area contributed by atoms with Crippen molar-refractivity contribution in [3.8, 4) is 0 Å². The summed E-state index contributed by atoms with van der Waals surface area (Å²) in [5.74, 6) is -1.59. The number of anilines is 2. The fraction of sp³-hybridized carbons (Fsp3) is 0.0476. The van der Waals surface area contributed by atoms with E-state index in [1.807, 2.05) is 25.1 Å². The number of carbonyl (C=O) groups excluding carboxylic acids is 2. The zero-order valence-corrected chi connectivity index (χ0v) is 14.1. The number of carbonyl (C=O) groups is 2. The molecule has 0 spiro atoms. The second-order valence-electron chi connectivity index (χ2n) is 5.80. The van der Waals surface area contributed by atoms with Gasteiger partial charge in [0.15, 0.2) is 0 Å². The smallest absolute Gasteiger partial charge is 0.258 e. The summed E-state index contributed by atoms with van der Waals surface area (Å²) in [5, 5.41) is 5.41. The van der Waals surface area contributed by atoms with Gasteiger partial charge in [-0.1, -0.05) is 36.4 Å². The van der Waals surface area contributed by atoms with Crippen LogP contribution < -0.4 is 10.6 Å². The number of aryl methyl sites for hydroxylation is 1. The van der Waals surface area contributed by atoms with Gasteiger partial charge in [0.05, 0.1) is 16.8 Å². The van der Waals surface area contributed by atoms with E-state index in [0.29, 0.717) is 16.9 Å². The monoisotopic (exact) mass is 348 g/mol. The second kappa shape index (κ2) is 7.61. The van der Waals surface area contributed by atoms with Crippen LogP contribution in [0.1, 0.15) is 26.3 Å². The Morgan fingerprint density at radius 2 is 1.42 bits per heavy atom. The highest BCUT2D eigenvalue weighted by atomic mass is 19.1. The first-order valence-electron chi connectivity index (χ1n) is 8.07. The van der Waals surface area contributed by atoms with Crippen LogP contribution in [-0.4, -0.2) is 11.8 Å². The van der Waals surface area contributed by atoms with Gasteiger partial charge in [0.1, 0.15) is 5.82 Å². The summed E-state index contributed by atoms with van der Waals surface area (Å²) in [7, 11) is 0. The third kappa shape index (κ3) is 3.95. The molecule has 0 bridgehead atoms. The number of nitrogens with one attached hydrogen (secondary N) is 2. The van der Waals surface area contributed by atoms with E-state index in [0.717, 1.165) is 5.56 Å². The number of amides is 2. The molecule has 0 saturated heterocycles. The lowest BCUT2D eigenvalue weighted by atomic mass is 10.1. The Labute approximate surface area is 150 Å². The van der Waals surface area contributed by atoms with Gasteiger partial charge < -0.3 is 10.6 Å². The van der Waals surface area contributed by atoms with Crippen molar-refractivity contribution in [1.29, 1.82) is 0 Å². The summed E-state index contributed by atoms with van der Waals surface area (Å²) in [5.41, 5.74) is 2.19. The van der Waals surface area contributed by atoms with Crippen LogP contribution in [0.15, 0.2) is 72.8 Å². The molecule has 0 aliphatic rings. The van der Waals surface area contributed by atoms with Crippen molar-refractivity contribution in [2.75, 3.05) is 10.6 Å². The standard InChI is InChI=1S/C21H17FN2O2/c1-14-7-6-8-15(13-14)23-21(26)17-10-3-5-12-19(17)24-20(25)16-9-2-4-11-18(16)22/h2-13H,1H3,(H,23,26)(H,24,25). The Morgan fingerprint density at radius 1 is 0.769 bits per heavy atom. The minimum Gasteiger partial charge on any atom is -0.322 e. The third-order valence-electron chi connectivity index (χ3n) is 3.81. The van der Waals surface area contributed by atoms with Gasteiger partial charge >= 0.3 is 0 Å². The van der Waals surface area contributed by atoms with E-state index in [2.05, 4.69) is 10.6 Å². The van der Waals surface area contributed by atoms with Gasteiger partial charge in [0, 0.05) is 5.69 Å². The predicted molar refractivity (Wildman–Crippen MR) is 99.9 cm³/mol. The van der Waals surface area contributed by atoms with Crippen molar-refractivity contribution in [2.24, 2.45) is 0 Å². The van der Waals surface area contributed by atoms with Crippen LogP contribution in [0.5, 0.6) is 0 Å². The lowest BCUT2D eigenvalue weighted by Gasteiger charge is -2.12. The fourth-order valence-corrected chi connectivity index (χ4v) is 2.55. The average molecular weight is 348 g/mol. The van der Waals surface area contributed by atoms with Gasteiger partial charge in [-0.3, -0.25) is 9.59 Å². The van der Waals surface area contributed by atoms with Crippen molar-refractivity contribution in [2.45, 2.75) is 6.92 Å². The highest BCUT2D eigenvalue weighted by Crippen LogP contribution is 2.19. The summed E-state index contributed by atoms with van der Waals surface area (Å²) in [4.78, 5) is 24.9. The Balaban J connectivity index is 1.83. The van der Waals surface area contributed by atoms with Gasteiger partial charge in [0.25, 0.3) is 11.8 Å². The van der Waals surface area contributed by atoms with Crippen LogP contribution in [0.25, 0.3) is 0 Å². The first kappa shape index (κ1) is 17.4. The first-order valence-corrected chi connectivity index (χ1v) is 8.07. The molecule has 0 aliphatic carbocycles. The molecule has 0 aromatic heterocycles. The molecule has 5 heteroatoms. The van der Waals surface area contributed by atoms with Gasteiger partial charge in [-0.25, -0.2) is 4.39 Å². The van der Waals surface area contributed by atoms with E-state index in [1.54, 1.807) is 36.4 Å². The number of halogens is 1. The van der Waals surface area contributed by atoms with Crippen molar-refractivity contribution < 1.29 is 14.0 Å². The van der Waals surface area contributed by atoms with Crippen LogP contribution in [0, 0.1) is 12.7 Å². The maximum absolute atomic E-state index is 13.8. The van der Waals surface area contributed by atoms with Crippen LogP contribution in [0.4, 0.5) is 15.8 Å². The van der Waals surface area contributed by atoms with Crippen molar-refractivity contribution in [3.63, 3.8) is 0 Å². The van der Waals surface area contributed by atoms with Gasteiger partial charge in [0.2, 0.25) is 0 Å². The van der Waals surface area contributed by atoms with Crippen LogP contribution in [0.3, 0.4) is 0 Å². The Morgan fingerprint density at radius 3 is 2.15 bits per heavy atom. The Bertz CT molecular complexity index is 969. The summed E-state index contributed by atoms with van der Waals surface area (Å²) in [6.45, 7) is 1.93. The summed E-state index contributed by atoms with van der Waals surface area (Å²) >= 11 is 0. The van der Waals surface area contributed by atoms with Gasteiger partial charge in [-0.2, -0.15) is 0 Å². The lowest BCUT2D eigenvalue weighted by Crippen LogP contribution is -2.19. The molecule has 0 atom stereocenters. The molecular weight excluding hydrogens is 331 g/mol. The molecule has 3 aromatic carbocycles. The van der Waals surface area contributed by atoms with E-state index in [-0.39, 0.29) is 11.5 Å². The van der Waals surface area contributed by atoms with Gasteiger partial charge in [-0.15, -0.1) is 0 Å². The van der Waals surface area contributed by atoms with Gasteiger partial charge in [-0.05, 0) is 48.9 Å². The van der Waals surface area contributed by atoms with E-state index in [9.17, 15) is 14.0 Å². The molecule has 0 unspecified atom stereocenters. The van der Waals surface area contributed by atoms with E-state index in [1.165, 1.54) is 18.2 Å². The third-order valence-corrected chi connectivity index (χ3v) is 3.81. The molecule has 3 rings (SSSR count). The molecule has 4 nitrogen and oxygen atoms in total. The Kier molecular flexibility index (Phi) is 5.08. The van der Waals surface area contributed by atoms with E-state index < -0.39 is 11.7 Å². The molecule has 26 heavy (non-hydrogen) atoms. The molecule has 0 fully saturated rings. The van der Waals surface area contributed by atoms with Crippen molar-refractivity contribution >= 4 is 23.2 Å². The SMILES string of the molecule is Cc1cccc(NC(=O)c2ccccc2NC(=O)c2ccccc2F)c1. The lowest BCUT2D eigenvalue weighted by molar-refractivity contribution is 0.102. The number of hydrogen-bond donors (Lipinski definition) is 2. The highest BCUT2D eigenvalue weighted by Gasteiger charge is 2.16. The van der Waals surface area contributed by atoms with Crippen molar-refractivity contribution in [3.05, 3.63) is 95.3 Å². The number of rotatable bonds is 4. The molecule has 0 radical (unpaired) electrons. The van der Waals surface area contributed by atoms with Crippen LogP contribution in [0.2, 0.25) is 0 Å². The molecule has 0 aliphatic heterocycles.